The molecule has 0 aliphatic carbocycles. The van der Waals surface area contributed by atoms with Crippen molar-refractivity contribution in [2.75, 3.05) is 19.4 Å². The lowest BCUT2D eigenvalue weighted by Crippen LogP contribution is -2.50. The molecule has 146 valence electrons. The van der Waals surface area contributed by atoms with Gasteiger partial charge in [0.1, 0.15) is 11.6 Å². The van der Waals surface area contributed by atoms with E-state index in [2.05, 4.69) is 30.3 Å². The first-order chi connectivity index (χ1) is 13.1. The third-order valence-electron chi connectivity index (χ3n) is 5.07. The number of para-hydroxylation sites is 1. The normalized spacial score (nSPS) is 17.5. The minimum absolute atomic E-state index is 0.0424. The van der Waals surface area contributed by atoms with E-state index in [1.54, 1.807) is 7.11 Å². The maximum atomic E-state index is 12.8. The SMILES string of the molecule is CCCC[C@H]1c2nc(-c3ccccc3OC)cn2CCN1C(=O)[C@@H](N)CS. The molecule has 0 saturated heterocycles. The number of fused-ring (bicyclic) bond motifs is 1. The lowest BCUT2D eigenvalue weighted by atomic mass is 10.0. The van der Waals surface area contributed by atoms with Gasteiger partial charge in [-0.1, -0.05) is 31.9 Å². The van der Waals surface area contributed by atoms with Gasteiger partial charge in [-0.05, 0) is 18.6 Å². The van der Waals surface area contributed by atoms with Crippen molar-refractivity contribution in [2.45, 2.75) is 44.8 Å². The Labute approximate surface area is 166 Å². The van der Waals surface area contributed by atoms with Gasteiger partial charge >= 0.3 is 0 Å². The zero-order chi connectivity index (χ0) is 19.4. The van der Waals surface area contributed by atoms with E-state index in [0.29, 0.717) is 18.8 Å². The molecule has 1 amide bonds. The molecular formula is C20H28N4O2S. The van der Waals surface area contributed by atoms with Crippen LogP contribution in [0, 0.1) is 0 Å². The van der Waals surface area contributed by atoms with Crippen molar-refractivity contribution in [3.05, 3.63) is 36.3 Å². The number of benzene rings is 1. The van der Waals surface area contributed by atoms with Crippen molar-refractivity contribution in [3.63, 3.8) is 0 Å². The molecule has 1 aromatic carbocycles. The molecule has 1 aromatic heterocycles. The number of amides is 1. The van der Waals surface area contributed by atoms with Crippen LogP contribution in [0.5, 0.6) is 5.75 Å². The molecule has 0 spiro atoms. The number of thiol groups is 1. The smallest absolute Gasteiger partial charge is 0.241 e. The number of unbranched alkanes of at least 4 members (excludes halogenated alkanes) is 1. The average molecular weight is 389 g/mol. The van der Waals surface area contributed by atoms with Gasteiger partial charge in [-0.2, -0.15) is 12.6 Å². The molecule has 3 rings (SSSR count). The molecule has 7 heteroatoms. The summed E-state index contributed by atoms with van der Waals surface area (Å²) in [4.78, 5) is 19.6. The maximum absolute atomic E-state index is 12.8. The fourth-order valence-corrected chi connectivity index (χ4v) is 3.77. The monoisotopic (exact) mass is 388 g/mol. The van der Waals surface area contributed by atoms with Crippen LogP contribution in [-0.2, 0) is 11.3 Å². The number of carbonyl (C=O) groups excluding carboxylic acids is 1. The standard InChI is InChI=1S/C20H28N4O2S/c1-3-4-8-17-19-22-16(14-7-5-6-9-18(14)26-2)12-23(19)10-11-24(17)20(25)15(21)13-27/h5-7,9,12,15,17,27H,3-4,8,10-11,13,21H2,1-2H3/t15-,17-/m0/s1. The van der Waals surface area contributed by atoms with Gasteiger partial charge in [-0.25, -0.2) is 4.98 Å². The molecule has 0 radical (unpaired) electrons. The van der Waals surface area contributed by atoms with Gasteiger partial charge in [0.05, 0.1) is 24.9 Å². The fourth-order valence-electron chi connectivity index (χ4n) is 3.61. The van der Waals surface area contributed by atoms with Gasteiger partial charge in [0.15, 0.2) is 0 Å². The van der Waals surface area contributed by atoms with E-state index < -0.39 is 6.04 Å². The molecule has 2 atom stereocenters. The summed E-state index contributed by atoms with van der Waals surface area (Å²) in [5.41, 5.74) is 7.81. The number of nitrogens with two attached hydrogens (primary N) is 1. The van der Waals surface area contributed by atoms with Crippen molar-refractivity contribution >= 4 is 18.5 Å². The van der Waals surface area contributed by atoms with Crippen LogP contribution in [0.25, 0.3) is 11.3 Å². The van der Waals surface area contributed by atoms with E-state index >= 15 is 0 Å². The first kappa shape index (κ1) is 19.8. The van der Waals surface area contributed by atoms with E-state index in [4.69, 9.17) is 15.5 Å². The number of hydrogen-bond donors (Lipinski definition) is 2. The molecule has 2 aromatic rings. The Morgan fingerprint density at radius 1 is 1.41 bits per heavy atom. The Balaban J connectivity index is 1.98. The van der Waals surface area contributed by atoms with Crippen LogP contribution in [0.4, 0.5) is 0 Å². The highest BCUT2D eigenvalue weighted by Gasteiger charge is 2.34. The second kappa shape index (κ2) is 8.80. The minimum atomic E-state index is -0.576. The van der Waals surface area contributed by atoms with Crippen molar-refractivity contribution < 1.29 is 9.53 Å². The van der Waals surface area contributed by atoms with Gasteiger partial charge in [-0.15, -0.1) is 0 Å². The molecule has 1 aliphatic rings. The highest BCUT2D eigenvalue weighted by Crippen LogP contribution is 2.35. The zero-order valence-electron chi connectivity index (χ0n) is 16.0. The third-order valence-corrected chi connectivity index (χ3v) is 5.47. The van der Waals surface area contributed by atoms with Gasteiger partial charge in [0.2, 0.25) is 5.91 Å². The zero-order valence-corrected chi connectivity index (χ0v) is 16.9. The summed E-state index contributed by atoms with van der Waals surface area (Å²) in [5, 5.41) is 0. The minimum Gasteiger partial charge on any atom is -0.496 e. The molecular weight excluding hydrogens is 360 g/mol. The van der Waals surface area contributed by atoms with Crippen LogP contribution in [-0.4, -0.2) is 45.8 Å². The van der Waals surface area contributed by atoms with Crippen LogP contribution in [0.2, 0.25) is 0 Å². The number of imidazole rings is 1. The second-order valence-corrected chi connectivity index (χ2v) is 7.22. The van der Waals surface area contributed by atoms with Crippen LogP contribution < -0.4 is 10.5 Å². The Morgan fingerprint density at radius 2 is 2.19 bits per heavy atom. The molecule has 0 bridgehead atoms. The summed E-state index contributed by atoms with van der Waals surface area (Å²) >= 11 is 4.20. The third kappa shape index (κ3) is 3.99. The molecule has 2 heterocycles. The van der Waals surface area contributed by atoms with E-state index in [-0.39, 0.29) is 11.9 Å². The van der Waals surface area contributed by atoms with E-state index in [0.717, 1.165) is 42.1 Å². The summed E-state index contributed by atoms with van der Waals surface area (Å²) in [6, 6.07) is 7.24. The predicted molar refractivity (Wildman–Crippen MR) is 110 cm³/mol. The van der Waals surface area contributed by atoms with Gasteiger partial charge in [0, 0.05) is 30.6 Å². The van der Waals surface area contributed by atoms with Crippen LogP contribution >= 0.6 is 12.6 Å². The molecule has 27 heavy (non-hydrogen) atoms. The number of nitrogens with zero attached hydrogens (tertiary/aromatic N) is 3. The fraction of sp³-hybridized carbons (Fsp3) is 0.500. The van der Waals surface area contributed by atoms with Gasteiger partial charge in [0.25, 0.3) is 0 Å². The number of aromatic nitrogens is 2. The quantitative estimate of drug-likeness (QED) is 0.716. The lowest BCUT2D eigenvalue weighted by Gasteiger charge is -2.37. The number of ether oxygens (including phenoxy) is 1. The first-order valence-electron chi connectivity index (χ1n) is 9.48. The Bertz CT molecular complexity index is 792. The van der Waals surface area contributed by atoms with Crippen LogP contribution in [0.1, 0.15) is 38.1 Å². The largest absolute Gasteiger partial charge is 0.496 e. The molecule has 0 saturated carbocycles. The van der Waals surface area contributed by atoms with Crippen LogP contribution in [0.15, 0.2) is 30.5 Å². The summed E-state index contributed by atoms with van der Waals surface area (Å²) in [6.07, 6.45) is 5.04. The summed E-state index contributed by atoms with van der Waals surface area (Å²) in [6.45, 7) is 3.51. The number of methoxy groups -OCH3 is 1. The molecule has 6 nitrogen and oxygen atoms in total. The maximum Gasteiger partial charge on any atom is 0.241 e. The van der Waals surface area contributed by atoms with E-state index in [9.17, 15) is 4.79 Å². The lowest BCUT2D eigenvalue weighted by molar-refractivity contribution is -0.136. The average Bonchev–Trinajstić information content (AvgIpc) is 3.15. The van der Waals surface area contributed by atoms with Crippen LogP contribution in [0.3, 0.4) is 0 Å². The van der Waals surface area contributed by atoms with E-state index in [1.165, 1.54) is 0 Å². The summed E-state index contributed by atoms with van der Waals surface area (Å²) in [5.74, 6) is 2.02. The van der Waals surface area contributed by atoms with Crippen molar-refractivity contribution in [2.24, 2.45) is 5.73 Å². The summed E-state index contributed by atoms with van der Waals surface area (Å²) < 4.78 is 7.65. The van der Waals surface area contributed by atoms with Gasteiger partial charge in [-0.3, -0.25) is 4.79 Å². The number of rotatable bonds is 7. The Kier molecular flexibility index (Phi) is 6.44. The predicted octanol–water partition coefficient (Wildman–Crippen LogP) is 2.89. The summed E-state index contributed by atoms with van der Waals surface area (Å²) in [7, 11) is 1.66. The Morgan fingerprint density at radius 3 is 2.89 bits per heavy atom. The Hall–Kier alpha value is -1.99. The highest BCUT2D eigenvalue weighted by atomic mass is 32.1. The topological polar surface area (TPSA) is 73.4 Å². The first-order valence-corrected chi connectivity index (χ1v) is 10.1. The van der Waals surface area contributed by atoms with Gasteiger partial charge < -0.3 is 19.9 Å². The number of carbonyl (C=O) groups is 1. The van der Waals surface area contributed by atoms with Crippen molar-refractivity contribution in [1.82, 2.24) is 14.5 Å². The van der Waals surface area contributed by atoms with E-state index in [1.807, 2.05) is 29.2 Å². The van der Waals surface area contributed by atoms with Crippen molar-refractivity contribution in [3.8, 4) is 17.0 Å². The number of hydrogen-bond acceptors (Lipinski definition) is 5. The van der Waals surface area contributed by atoms with Crippen molar-refractivity contribution in [1.29, 1.82) is 0 Å². The molecule has 0 unspecified atom stereocenters. The molecule has 1 aliphatic heterocycles. The highest BCUT2D eigenvalue weighted by molar-refractivity contribution is 7.80. The molecule has 2 N–H and O–H groups in total. The second-order valence-electron chi connectivity index (χ2n) is 6.86. The molecule has 0 fully saturated rings.